The van der Waals surface area contributed by atoms with E-state index < -0.39 is 0 Å². The fraction of sp³-hybridized carbons (Fsp3) is 0.400. The van der Waals surface area contributed by atoms with Crippen LogP contribution in [0.1, 0.15) is 24.2 Å². The highest BCUT2D eigenvalue weighted by Gasteiger charge is 2.22. The summed E-state index contributed by atoms with van der Waals surface area (Å²) < 4.78 is 18.4. The molecule has 0 bridgehead atoms. The first-order valence-electron chi connectivity index (χ1n) is 6.99. The summed E-state index contributed by atoms with van der Waals surface area (Å²) in [5.74, 6) is 2.18. The van der Waals surface area contributed by atoms with Gasteiger partial charge in [0.15, 0.2) is 17.2 Å². The fourth-order valence-electron chi connectivity index (χ4n) is 2.51. The van der Waals surface area contributed by atoms with Crippen LogP contribution in [0.25, 0.3) is 0 Å². The fourth-order valence-corrected chi connectivity index (χ4v) is 2.51. The lowest BCUT2D eigenvalue weighted by Gasteiger charge is -2.21. The Balaban J connectivity index is 1.98. The third kappa shape index (κ3) is 2.42. The van der Waals surface area contributed by atoms with E-state index in [9.17, 15) is 0 Å². The minimum absolute atomic E-state index is 0.335. The molecule has 0 spiro atoms. The van der Waals surface area contributed by atoms with Crippen molar-refractivity contribution in [2.45, 2.75) is 19.5 Å². The third-order valence-electron chi connectivity index (χ3n) is 3.58. The Bertz CT molecular complexity index is 618. The summed E-state index contributed by atoms with van der Waals surface area (Å²) in [5, 5.41) is 4.30. The molecule has 1 aromatic carbocycles. The molecular formula is C15H19N3O3. The van der Waals surface area contributed by atoms with Crippen LogP contribution in [0.4, 0.5) is 0 Å². The normalized spacial score (nSPS) is 14.8. The van der Waals surface area contributed by atoms with Gasteiger partial charge in [-0.1, -0.05) is 6.07 Å². The molecule has 1 aliphatic heterocycles. The molecule has 1 aliphatic rings. The van der Waals surface area contributed by atoms with Gasteiger partial charge in [0.25, 0.3) is 0 Å². The predicted octanol–water partition coefficient (Wildman–Crippen LogP) is 1.73. The predicted molar refractivity (Wildman–Crippen MR) is 77.9 cm³/mol. The Morgan fingerprint density at radius 1 is 1.33 bits per heavy atom. The van der Waals surface area contributed by atoms with Gasteiger partial charge in [-0.25, -0.2) is 0 Å². The van der Waals surface area contributed by atoms with Crippen molar-refractivity contribution in [3.63, 3.8) is 0 Å². The zero-order chi connectivity index (χ0) is 14.8. The molecule has 0 amide bonds. The molecule has 0 fully saturated rings. The number of ether oxygens (including phenoxy) is 3. The van der Waals surface area contributed by atoms with Crippen molar-refractivity contribution in [2.75, 3.05) is 20.3 Å². The quantitative estimate of drug-likeness (QED) is 0.928. The molecule has 112 valence electrons. The summed E-state index contributed by atoms with van der Waals surface area (Å²) in [6, 6.07) is 5.43. The van der Waals surface area contributed by atoms with Crippen LogP contribution < -0.4 is 19.9 Å². The number of fused-ring (bicyclic) bond motifs is 1. The summed E-state index contributed by atoms with van der Waals surface area (Å²) in [5.41, 5.74) is 8.21. The Morgan fingerprint density at radius 3 is 2.81 bits per heavy atom. The van der Waals surface area contributed by atoms with E-state index >= 15 is 0 Å². The first kappa shape index (κ1) is 13.8. The Labute approximate surface area is 123 Å². The molecule has 2 heterocycles. The van der Waals surface area contributed by atoms with Gasteiger partial charge in [0.2, 0.25) is 0 Å². The van der Waals surface area contributed by atoms with Crippen LogP contribution in [0.15, 0.2) is 24.4 Å². The smallest absolute Gasteiger partial charge is 0.161 e. The highest BCUT2D eigenvalue weighted by atomic mass is 16.6. The van der Waals surface area contributed by atoms with E-state index in [0.717, 1.165) is 29.3 Å². The molecule has 0 saturated heterocycles. The molecule has 6 heteroatoms. The second-order valence-electron chi connectivity index (χ2n) is 4.79. The lowest BCUT2D eigenvalue weighted by atomic mass is 10.0. The van der Waals surface area contributed by atoms with E-state index in [4.69, 9.17) is 19.9 Å². The van der Waals surface area contributed by atoms with E-state index in [1.54, 1.807) is 13.3 Å². The van der Waals surface area contributed by atoms with Gasteiger partial charge >= 0.3 is 0 Å². The molecule has 1 unspecified atom stereocenters. The van der Waals surface area contributed by atoms with E-state index in [2.05, 4.69) is 5.10 Å². The van der Waals surface area contributed by atoms with Crippen LogP contribution in [0.3, 0.4) is 0 Å². The van der Waals surface area contributed by atoms with Gasteiger partial charge in [-0.15, -0.1) is 0 Å². The van der Waals surface area contributed by atoms with Crippen molar-refractivity contribution < 1.29 is 14.2 Å². The monoisotopic (exact) mass is 289 g/mol. The summed E-state index contributed by atoms with van der Waals surface area (Å²) in [7, 11) is 1.62. The highest BCUT2D eigenvalue weighted by molar-refractivity contribution is 5.47. The summed E-state index contributed by atoms with van der Waals surface area (Å²) in [6.45, 7) is 3.89. The number of nitrogens with two attached hydrogens (primary N) is 1. The van der Waals surface area contributed by atoms with Gasteiger partial charge in [-0.2, -0.15) is 5.10 Å². The van der Waals surface area contributed by atoms with Crippen LogP contribution in [0, 0.1) is 0 Å². The lowest BCUT2D eigenvalue weighted by Crippen LogP contribution is -2.19. The number of hydrogen-bond acceptors (Lipinski definition) is 5. The minimum Gasteiger partial charge on any atom is -0.493 e. The van der Waals surface area contributed by atoms with Crippen molar-refractivity contribution in [1.29, 1.82) is 0 Å². The van der Waals surface area contributed by atoms with Gasteiger partial charge in [-0.05, 0) is 24.6 Å². The molecule has 0 radical (unpaired) electrons. The zero-order valence-electron chi connectivity index (χ0n) is 12.2. The highest BCUT2D eigenvalue weighted by Crippen LogP contribution is 2.35. The average molecular weight is 289 g/mol. The van der Waals surface area contributed by atoms with E-state index in [-0.39, 0.29) is 6.04 Å². The average Bonchev–Trinajstić information content (AvgIpc) is 2.96. The first-order chi connectivity index (χ1) is 10.2. The number of aromatic nitrogens is 2. The maximum Gasteiger partial charge on any atom is 0.161 e. The zero-order valence-corrected chi connectivity index (χ0v) is 12.2. The molecule has 0 aliphatic carbocycles. The SMILES string of the molecule is CCn1ncc(OC)c1C(N)c1ccc2c(c1)OCCO2. The molecule has 3 rings (SSSR count). The molecule has 1 atom stereocenters. The van der Waals surface area contributed by atoms with Gasteiger partial charge < -0.3 is 19.9 Å². The number of benzene rings is 1. The Morgan fingerprint density at radius 2 is 2.10 bits per heavy atom. The number of methoxy groups -OCH3 is 1. The maximum absolute atomic E-state index is 6.41. The Kier molecular flexibility index (Phi) is 3.70. The van der Waals surface area contributed by atoms with Crippen LogP contribution in [0.5, 0.6) is 17.2 Å². The lowest BCUT2D eigenvalue weighted by molar-refractivity contribution is 0.171. The van der Waals surface area contributed by atoms with E-state index in [1.165, 1.54) is 0 Å². The van der Waals surface area contributed by atoms with Crippen molar-refractivity contribution in [3.05, 3.63) is 35.7 Å². The molecule has 0 saturated carbocycles. The van der Waals surface area contributed by atoms with Crippen molar-refractivity contribution in [1.82, 2.24) is 9.78 Å². The number of rotatable bonds is 4. The molecule has 2 aromatic rings. The van der Waals surface area contributed by atoms with E-state index in [0.29, 0.717) is 19.0 Å². The van der Waals surface area contributed by atoms with Crippen LogP contribution >= 0.6 is 0 Å². The standard InChI is InChI=1S/C15H19N3O3/c1-3-18-15(13(19-2)9-17-18)14(16)10-4-5-11-12(8-10)21-7-6-20-11/h4-5,8-9,14H,3,6-7,16H2,1-2H3. The third-order valence-corrected chi connectivity index (χ3v) is 3.58. The van der Waals surface area contributed by atoms with Crippen molar-refractivity contribution >= 4 is 0 Å². The van der Waals surface area contributed by atoms with Gasteiger partial charge in [0.05, 0.1) is 19.3 Å². The van der Waals surface area contributed by atoms with Gasteiger partial charge in [0, 0.05) is 6.54 Å². The van der Waals surface area contributed by atoms with Crippen molar-refractivity contribution in [2.24, 2.45) is 5.73 Å². The van der Waals surface area contributed by atoms with Gasteiger partial charge in [0.1, 0.15) is 18.9 Å². The van der Waals surface area contributed by atoms with Crippen LogP contribution in [-0.4, -0.2) is 30.1 Å². The molecular weight excluding hydrogens is 270 g/mol. The maximum atomic E-state index is 6.41. The van der Waals surface area contributed by atoms with E-state index in [1.807, 2.05) is 29.8 Å². The second kappa shape index (κ2) is 5.65. The summed E-state index contributed by atoms with van der Waals surface area (Å²) in [4.78, 5) is 0. The topological polar surface area (TPSA) is 71.5 Å². The summed E-state index contributed by atoms with van der Waals surface area (Å²) in [6.07, 6.45) is 1.69. The second-order valence-corrected chi connectivity index (χ2v) is 4.79. The summed E-state index contributed by atoms with van der Waals surface area (Å²) >= 11 is 0. The largest absolute Gasteiger partial charge is 0.493 e. The first-order valence-corrected chi connectivity index (χ1v) is 6.99. The Hall–Kier alpha value is -2.21. The number of nitrogens with zero attached hydrogens (tertiary/aromatic N) is 2. The number of hydrogen-bond donors (Lipinski definition) is 1. The molecule has 6 nitrogen and oxygen atoms in total. The molecule has 2 N–H and O–H groups in total. The molecule has 21 heavy (non-hydrogen) atoms. The van der Waals surface area contributed by atoms with Gasteiger partial charge in [-0.3, -0.25) is 4.68 Å². The number of aryl methyl sites for hydroxylation is 1. The minimum atomic E-state index is -0.335. The van der Waals surface area contributed by atoms with Crippen molar-refractivity contribution in [3.8, 4) is 17.2 Å². The van der Waals surface area contributed by atoms with Crippen LogP contribution in [-0.2, 0) is 6.54 Å². The van der Waals surface area contributed by atoms with Crippen LogP contribution in [0.2, 0.25) is 0 Å². The molecule has 1 aromatic heterocycles.